The van der Waals surface area contributed by atoms with Gasteiger partial charge in [0.2, 0.25) is 10.0 Å². The van der Waals surface area contributed by atoms with Crippen molar-refractivity contribution in [2.45, 2.75) is 30.6 Å². The molecular weight excluding hydrogens is 420 g/mol. The number of amides is 1. The summed E-state index contributed by atoms with van der Waals surface area (Å²) < 4.78 is 37.3. The highest BCUT2D eigenvalue weighted by Gasteiger charge is 2.25. The van der Waals surface area contributed by atoms with Gasteiger partial charge in [-0.2, -0.15) is 4.31 Å². The highest BCUT2D eigenvalue weighted by atomic mass is 32.2. The fourth-order valence-corrected chi connectivity index (χ4v) is 4.87. The first-order valence-electron chi connectivity index (χ1n) is 10.1. The average Bonchev–Trinajstić information content (AvgIpc) is 3.08. The topological polar surface area (TPSA) is 102 Å². The maximum absolute atomic E-state index is 12.8. The van der Waals surface area contributed by atoms with Gasteiger partial charge in [0.1, 0.15) is 5.75 Å². The SMILES string of the molecule is COC(=O)c1ccccc1NC(=O)COc1ccc(S(=O)(=O)N2CCCCCC2)cc1. The monoisotopic (exact) mass is 446 g/mol. The molecule has 0 spiro atoms. The van der Waals surface area contributed by atoms with E-state index >= 15 is 0 Å². The summed E-state index contributed by atoms with van der Waals surface area (Å²) in [4.78, 5) is 24.2. The Hall–Kier alpha value is -2.91. The first-order valence-corrected chi connectivity index (χ1v) is 11.6. The summed E-state index contributed by atoms with van der Waals surface area (Å²) in [5.41, 5.74) is 0.559. The van der Waals surface area contributed by atoms with E-state index in [0.717, 1.165) is 25.7 Å². The Morgan fingerprint density at radius 3 is 2.26 bits per heavy atom. The molecule has 0 aromatic heterocycles. The third kappa shape index (κ3) is 5.83. The number of anilines is 1. The van der Waals surface area contributed by atoms with Gasteiger partial charge in [0, 0.05) is 13.1 Å². The van der Waals surface area contributed by atoms with E-state index in [9.17, 15) is 18.0 Å². The van der Waals surface area contributed by atoms with Crippen molar-refractivity contribution in [2.75, 3.05) is 32.1 Å². The molecule has 1 saturated heterocycles. The standard InChI is InChI=1S/C22H26N2O6S/c1-29-22(26)19-8-4-5-9-20(19)23-21(25)16-30-17-10-12-18(13-11-17)31(27,28)24-14-6-2-3-7-15-24/h4-5,8-13H,2-3,6-7,14-16H2,1H3,(H,23,25). The van der Waals surface area contributed by atoms with Crippen LogP contribution in [0.1, 0.15) is 36.0 Å². The number of benzene rings is 2. The smallest absolute Gasteiger partial charge is 0.339 e. The van der Waals surface area contributed by atoms with Crippen LogP contribution in [0.2, 0.25) is 0 Å². The molecule has 31 heavy (non-hydrogen) atoms. The van der Waals surface area contributed by atoms with E-state index in [2.05, 4.69) is 5.32 Å². The Bertz CT molecular complexity index is 1010. The highest BCUT2D eigenvalue weighted by Crippen LogP contribution is 2.22. The van der Waals surface area contributed by atoms with Gasteiger partial charge in [0.15, 0.2) is 6.61 Å². The number of carbonyl (C=O) groups excluding carboxylic acids is 2. The van der Waals surface area contributed by atoms with Crippen molar-refractivity contribution in [1.82, 2.24) is 4.31 Å². The van der Waals surface area contributed by atoms with Crippen LogP contribution in [0.25, 0.3) is 0 Å². The first kappa shape index (κ1) is 22.8. The summed E-state index contributed by atoms with van der Waals surface area (Å²) >= 11 is 0. The number of hydrogen-bond donors (Lipinski definition) is 1. The molecule has 2 aromatic rings. The Morgan fingerprint density at radius 1 is 0.968 bits per heavy atom. The van der Waals surface area contributed by atoms with Gasteiger partial charge in [-0.25, -0.2) is 13.2 Å². The minimum absolute atomic E-state index is 0.207. The van der Waals surface area contributed by atoms with E-state index in [-0.39, 0.29) is 17.1 Å². The van der Waals surface area contributed by atoms with Crippen LogP contribution in [-0.4, -0.2) is 51.4 Å². The zero-order chi connectivity index (χ0) is 22.3. The molecule has 1 heterocycles. The van der Waals surface area contributed by atoms with E-state index < -0.39 is 21.9 Å². The van der Waals surface area contributed by atoms with Gasteiger partial charge in [-0.15, -0.1) is 0 Å². The highest BCUT2D eigenvalue weighted by molar-refractivity contribution is 7.89. The lowest BCUT2D eigenvalue weighted by molar-refractivity contribution is -0.118. The number of sulfonamides is 1. The quantitative estimate of drug-likeness (QED) is 0.656. The van der Waals surface area contributed by atoms with Gasteiger partial charge in [0.05, 0.1) is 23.3 Å². The van der Waals surface area contributed by atoms with Crippen LogP contribution in [0, 0.1) is 0 Å². The number of ether oxygens (including phenoxy) is 2. The van der Waals surface area contributed by atoms with Crippen LogP contribution < -0.4 is 10.1 Å². The van der Waals surface area contributed by atoms with Crippen LogP contribution in [0.5, 0.6) is 5.75 Å². The first-order chi connectivity index (χ1) is 14.9. The summed E-state index contributed by atoms with van der Waals surface area (Å²) in [5.74, 6) is -0.651. The van der Waals surface area contributed by atoms with Crippen LogP contribution >= 0.6 is 0 Å². The normalized spacial score (nSPS) is 15.0. The van der Waals surface area contributed by atoms with Gasteiger partial charge < -0.3 is 14.8 Å². The maximum atomic E-state index is 12.8. The predicted molar refractivity (Wildman–Crippen MR) is 116 cm³/mol. The van der Waals surface area contributed by atoms with E-state index in [0.29, 0.717) is 24.5 Å². The van der Waals surface area contributed by atoms with Crippen molar-refractivity contribution in [1.29, 1.82) is 0 Å². The third-order valence-corrected chi connectivity index (χ3v) is 6.92. The minimum atomic E-state index is -3.53. The van der Waals surface area contributed by atoms with Crippen molar-refractivity contribution < 1.29 is 27.5 Å². The molecular formula is C22H26N2O6S. The van der Waals surface area contributed by atoms with Gasteiger partial charge >= 0.3 is 5.97 Å². The Morgan fingerprint density at radius 2 is 1.61 bits per heavy atom. The van der Waals surface area contributed by atoms with E-state index in [4.69, 9.17) is 9.47 Å². The molecule has 1 fully saturated rings. The molecule has 9 heteroatoms. The number of nitrogens with zero attached hydrogens (tertiary/aromatic N) is 1. The molecule has 166 valence electrons. The number of nitrogens with one attached hydrogen (secondary N) is 1. The van der Waals surface area contributed by atoms with Gasteiger partial charge in [-0.3, -0.25) is 4.79 Å². The number of esters is 1. The van der Waals surface area contributed by atoms with Crippen molar-refractivity contribution in [3.8, 4) is 5.75 Å². The number of methoxy groups -OCH3 is 1. The Kier molecular flexibility index (Phi) is 7.64. The fraction of sp³-hybridized carbons (Fsp3) is 0.364. The summed E-state index contributed by atoms with van der Waals surface area (Å²) in [6.45, 7) is 0.773. The van der Waals surface area contributed by atoms with Gasteiger partial charge in [-0.05, 0) is 49.2 Å². The number of carbonyl (C=O) groups is 2. The third-order valence-electron chi connectivity index (χ3n) is 5.00. The molecule has 8 nitrogen and oxygen atoms in total. The van der Waals surface area contributed by atoms with E-state index in [1.165, 1.54) is 35.7 Å². The van der Waals surface area contributed by atoms with E-state index in [1.807, 2.05) is 0 Å². The van der Waals surface area contributed by atoms with Gasteiger partial charge in [-0.1, -0.05) is 25.0 Å². The summed E-state index contributed by atoms with van der Waals surface area (Å²) in [5, 5.41) is 2.61. The zero-order valence-corrected chi connectivity index (χ0v) is 18.2. The molecule has 2 aromatic carbocycles. The fourth-order valence-electron chi connectivity index (χ4n) is 3.35. The van der Waals surface area contributed by atoms with Crippen molar-refractivity contribution in [3.63, 3.8) is 0 Å². The minimum Gasteiger partial charge on any atom is -0.484 e. The number of para-hydroxylation sites is 1. The molecule has 0 radical (unpaired) electrons. The molecule has 1 aliphatic rings. The zero-order valence-electron chi connectivity index (χ0n) is 17.4. The molecule has 0 aliphatic carbocycles. The summed E-state index contributed by atoms with van der Waals surface area (Å²) in [6, 6.07) is 12.5. The van der Waals surface area contributed by atoms with Crippen LogP contribution in [0.15, 0.2) is 53.4 Å². The predicted octanol–water partition coefficient (Wildman–Crippen LogP) is 3.06. The molecule has 1 N–H and O–H groups in total. The lowest BCUT2D eigenvalue weighted by Crippen LogP contribution is -2.31. The molecule has 1 amide bonds. The van der Waals surface area contributed by atoms with Gasteiger partial charge in [0.25, 0.3) is 5.91 Å². The van der Waals surface area contributed by atoms with Crippen molar-refractivity contribution in [3.05, 3.63) is 54.1 Å². The molecule has 1 aliphatic heterocycles. The number of hydrogen-bond acceptors (Lipinski definition) is 6. The molecule has 3 rings (SSSR count). The van der Waals surface area contributed by atoms with Crippen LogP contribution in [0.3, 0.4) is 0 Å². The number of rotatable bonds is 7. The Balaban J connectivity index is 1.59. The second kappa shape index (κ2) is 10.4. The maximum Gasteiger partial charge on any atom is 0.339 e. The largest absolute Gasteiger partial charge is 0.484 e. The molecule has 0 atom stereocenters. The average molecular weight is 447 g/mol. The lowest BCUT2D eigenvalue weighted by atomic mass is 10.2. The molecule has 0 unspecified atom stereocenters. The van der Waals surface area contributed by atoms with Crippen molar-refractivity contribution in [2.24, 2.45) is 0 Å². The Labute approximate surface area is 182 Å². The second-order valence-corrected chi connectivity index (χ2v) is 9.10. The van der Waals surface area contributed by atoms with Crippen molar-refractivity contribution >= 4 is 27.6 Å². The van der Waals surface area contributed by atoms with Crippen LogP contribution in [-0.2, 0) is 19.6 Å². The molecule has 0 saturated carbocycles. The lowest BCUT2D eigenvalue weighted by Gasteiger charge is -2.20. The summed E-state index contributed by atoms with van der Waals surface area (Å²) in [6.07, 6.45) is 3.83. The van der Waals surface area contributed by atoms with E-state index in [1.54, 1.807) is 24.3 Å². The molecule has 0 bridgehead atoms. The van der Waals surface area contributed by atoms with Crippen LogP contribution in [0.4, 0.5) is 5.69 Å². The summed E-state index contributed by atoms with van der Waals surface area (Å²) in [7, 11) is -2.27. The second-order valence-electron chi connectivity index (χ2n) is 7.16.